The molecule has 3 nitrogen and oxygen atoms in total. The highest BCUT2D eigenvalue weighted by Crippen LogP contribution is 2.36. The Kier molecular flexibility index (Phi) is 29.9. The molecule has 220 valence electrons. The van der Waals surface area contributed by atoms with E-state index in [0.717, 1.165) is 18.6 Å². The van der Waals surface area contributed by atoms with Gasteiger partial charge in [0, 0.05) is 13.1 Å². The van der Waals surface area contributed by atoms with Gasteiger partial charge in [-0.2, -0.15) is 22.2 Å². The summed E-state index contributed by atoms with van der Waals surface area (Å²) in [5.74, 6) is 0. The van der Waals surface area contributed by atoms with Crippen LogP contribution in [0.25, 0.3) is 0 Å². The molecule has 1 aliphatic rings. The van der Waals surface area contributed by atoms with Crippen molar-refractivity contribution < 1.29 is 0 Å². The smallest absolute Gasteiger partial charge is 0.150 e. The molecule has 1 saturated heterocycles. The van der Waals surface area contributed by atoms with Gasteiger partial charge in [-0.3, -0.25) is 0 Å². The molecule has 0 atom stereocenters. The van der Waals surface area contributed by atoms with Gasteiger partial charge < -0.3 is 14.9 Å². The molecule has 0 spiro atoms. The molecule has 0 bridgehead atoms. The van der Waals surface area contributed by atoms with E-state index >= 15 is 0 Å². The molecular formula is C25H61Cl4N3Si4. The summed E-state index contributed by atoms with van der Waals surface area (Å²) in [4.78, 5) is 2.38. The molecule has 1 rings (SSSR count). The highest BCUT2D eigenvalue weighted by molar-refractivity contribution is 7.22. The first-order valence-corrected chi connectivity index (χ1v) is 29.0. The second-order valence-electron chi connectivity index (χ2n) is 11.2. The molecule has 1 aliphatic heterocycles. The standard InChI is InChI=1S/C9H21NSi2.C6H16Cl2Si2.C6H15N.C3H7N.CH2Cl2/c1-6-7-10-11(2,3)8-9-12(10,4)5;1-9(2,7)5-6-10(3,4)8;1-4-7(5-2)6-3;1-2-3-4;2-1-3/h6H,1,7-9H2,2-5H3;5-6H2,1-4H3;4-6H2,1-3H3;2H,1,3-4H2;1H2. The van der Waals surface area contributed by atoms with Crippen LogP contribution in [0.15, 0.2) is 25.3 Å². The Balaban J connectivity index is -0.000000193. The fraction of sp³-hybridized carbons (Fsp3) is 0.840. The quantitative estimate of drug-likeness (QED) is 0.116. The van der Waals surface area contributed by atoms with Crippen LogP contribution in [0.2, 0.25) is 76.6 Å². The van der Waals surface area contributed by atoms with Crippen LogP contribution in [0.1, 0.15) is 20.8 Å². The van der Waals surface area contributed by atoms with E-state index in [-0.39, 0.29) is 5.34 Å². The van der Waals surface area contributed by atoms with Crippen LogP contribution in [-0.2, 0) is 0 Å². The van der Waals surface area contributed by atoms with Crippen LogP contribution < -0.4 is 5.73 Å². The van der Waals surface area contributed by atoms with E-state index < -0.39 is 31.2 Å². The largest absolute Gasteiger partial charge is 0.342 e. The Labute approximate surface area is 250 Å². The monoisotopic (exact) mass is 655 g/mol. The molecule has 11 heteroatoms. The molecular weight excluding hydrogens is 596 g/mol. The Morgan fingerprint density at radius 2 is 1.08 bits per heavy atom. The molecule has 0 saturated carbocycles. The van der Waals surface area contributed by atoms with Crippen molar-refractivity contribution in [3.8, 4) is 0 Å². The summed E-state index contributed by atoms with van der Waals surface area (Å²) in [6, 6.07) is 5.33. The van der Waals surface area contributed by atoms with Gasteiger partial charge in [0.2, 0.25) is 0 Å². The van der Waals surface area contributed by atoms with Crippen LogP contribution in [0, 0.1) is 0 Å². The van der Waals surface area contributed by atoms with E-state index in [1.165, 1.54) is 31.7 Å². The minimum atomic E-state index is -1.34. The average molecular weight is 658 g/mol. The number of rotatable bonds is 9. The molecule has 0 amide bonds. The maximum Gasteiger partial charge on any atom is 0.150 e. The zero-order valence-electron chi connectivity index (χ0n) is 25.6. The summed E-state index contributed by atoms with van der Waals surface area (Å²) in [7, 11) is -4.69. The van der Waals surface area contributed by atoms with Crippen LogP contribution in [0.5, 0.6) is 0 Å². The van der Waals surface area contributed by atoms with Gasteiger partial charge in [0.25, 0.3) is 0 Å². The van der Waals surface area contributed by atoms with Crippen molar-refractivity contribution in [2.24, 2.45) is 5.73 Å². The van der Waals surface area contributed by atoms with E-state index in [1.54, 1.807) is 6.08 Å². The lowest BCUT2D eigenvalue weighted by atomic mass is 10.5. The minimum absolute atomic E-state index is 0.194. The Morgan fingerprint density at radius 3 is 1.22 bits per heavy atom. The predicted molar refractivity (Wildman–Crippen MR) is 187 cm³/mol. The van der Waals surface area contributed by atoms with Crippen molar-refractivity contribution in [3.05, 3.63) is 25.3 Å². The van der Waals surface area contributed by atoms with Gasteiger partial charge in [0.1, 0.15) is 31.2 Å². The third-order valence-corrected chi connectivity index (χ3v) is 20.8. The van der Waals surface area contributed by atoms with Crippen LogP contribution in [0.4, 0.5) is 0 Å². The van der Waals surface area contributed by atoms with Gasteiger partial charge in [0.15, 0.2) is 0 Å². The topological polar surface area (TPSA) is 32.5 Å². The van der Waals surface area contributed by atoms with Crippen molar-refractivity contribution in [2.45, 2.75) is 97.3 Å². The first-order chi connectivity index (χ1) is 16.3. The first kappa shape index (κ1) is 44.4. The van der Waals surface area contributed by atoms with Crippen molar-refractivity contribution in [3.63, 3.8) is 0 Å². The molecule has 0 radical (unpaired) electrons. The second-order valence-corrected chi connectivity index (χ2v) is 35.8. The van der Waals surface area contributed by atoms with Crippen molar-refractivity contribution >= 4 is 76.6 Å². The molecule has 0 unspecified atom stereocenters. The summed E-state index contributed by atoms with van der Waals surface area (Å²) in [5, 5.41) is 0.194. The fourth-order valence-corrected chi connectivity index (χ4v) is 24.0. The summed E-state index contributed by atoms with van der Waals surface area (Å²) in [5.41, 5.74) is 4.91. The van der Waals surface area contributed by atoms with E-state index in [9.17, 15) is 0 Å². The van der Waals surface area contributed by atoms with Crippen LogP contribution in [0.3, 0.4) is 0 Å². The summed E-state index contributed by atoms with van der Waals surface area (Å²) < 4.78 is 2.83. The van der Waals surface area contributed by atoms with Gasteiger partial charge in [-0.15, -0.1) is 36.4 Å². The number of nitrogens with two attached hydrogens (primary N) is 1. The lowest BCUT2D eigenvalue weighted by Gasteiger charge is -2.37. The van der Waals surface area contributed by atoms with Crippen LogP contribution in [-0.4, -0.2) is 78.4 Å². The van der Waals surface area contributed by atoms with E-state index in [2.05, 4.69) is 102 Å². The second kappa shape index (κ2) is 24.2. The Morgan fingerprint density at radius 1 is 0.806 bits per heavy atom. The molecule has 1 heterocycles. The molecule has 0 aromatic carbocycles. The third-order valence-electron chi connectivity index (χ3n) is 5.94. The van der Waals surface area contributed by atoms with Crippen molar-refractivity contribution in [1.29, 1.82) is 0 Å². The summed E-state index contributed by atoms with van der Waals surface area (Å²) in [6.45, 7) is 37.7. The highest BCUT2D eigenvalue weighted by atomic mass is 35.6. The average Bonchev–Trinajstić information content (AvgIpc) is 2.97. The molecule has 0 aromatic heterocycles. The fourth-order valence-electron chi connectivity index (χ4n) is 3.59. The zero-order chi connectivity index (χ0) is 29.6. The molecule has 2 N–H and O–H groups in total. The molecule has 0 aliphatic carbocycles. The molecule has 36 heavy (non-hydrogen) atoms. The SMILES string of the molecule is C=CCN.C=CCN1[Si](C)(C)CC[Si]1(C)C.CCN(CC)CC.C[Si](C)(Cl)CC[Si](C)(C)Cl.ClCCl. The maximum atomic E-state index is 6.14. The molecule has 1 fully saturated rings. The minimum Gasteiger partial charge on any atom is -0.342 e. The summed E-state index contributed by atoms with van der Waals surface area (Å²) >= 11 is 21.8. The maximum absolute atomic E-state index is 6.14. The van der Waals surface area contributed by atoms with Gasteiger partial charge in [-0.05, 0) is 43.8 Å². The zero-order valence-corrected chi connectivity index (χ0v) is 32.6. The Hall–Kier alpha value is 1.39. The van der Waals surface area contributed by atoms with Gasteiger partial charge in [-0.25, -0.2) is 0 Å². The van der Waals surface area contributed by atoms with Gasteiger partial charge >= 0.3 is 0 Å². The first-order valence-electron chi connectivity index (χ1n) is 13.2. The number of alkyl halides is 2. The van der Waals surface area contributed by atoms with E-state index in [0.29, 0.717) is 6.54 Å². The van der Waals surface area contributed by atoms with Crippen LogP contribution >= 0.6 is 45.4 Å². The van der Waals surface area contributed by atoms with E-state index in [1.807, 2.05) is 0 Å². The third kappa shape index (κ3) is 29.9. The number of nitrogens with zero attached hydrogens (tertiary/aromatic N) is 2. The number of hydrogen-bond donors (Lipinski definition) is 1. The van der Waals surface area contributed by atoms with Crippen molar-refractivity contribution in [2.75, 3.05) is 38.1 Å². The highest BCUT2D eigenvalue weighted by Gasteiger charge is 2.46. The van der Waals surface area contributed by atoms with E-state index in [4.69, 9.17) is 51.1 Å². The number of halogens is 4. The normalized spacial score (nSPS) is 16.1. The van der Waals surface area contributed by atoms with Crippen molar-refractivity contribution in [1.82, 2.24) is 9.13 Å². The van der Waals surface area contributed by atoms with Gasteiger partial charge in [0.05, 0.1) is 5.34 Å². The lowest BCUT2D eigenvalue weighted by Crippen LogP contribution is -2.54. The number of hydrogen-bond acceptors (Lipinski definition) is 3. The van der Waals surface area contributed by atoms with Gasteiger partial charge in [-0.1, -0.05) is 85.3 Å². The Bertz CT molecular complexity index is 487. The molecule has 0 aromatic rings. The predicted octanol–water partition coefficient (Wildman–Crippen LogP) is 9.67. The lowest BCUT2D eigenvalue weighted by molar-refractivity contribution is 0.321. The summed E-state index contributed by atoms with van der Waals surface area (Å²) in [6.07, 6.45) is 3.73.